The fourth-order valence-corrected chi connectivity index (χ4v) is 2.79. The van der Waals surface area contributed by atoms with Gasteiger partial charge in [-0.3, -0.25) is 9.78 Å². The highest BCUT2D eigenvalue weighted by molar-refractivity contribution is 5.99. The number of rotatable bonds is 3. The molecule has 19 heavy (non-hydrogen) atoms. The molecule has 0 spiro atoms. The molecule has 1 saturated carbocycles. The third kappa shape index (κ3) is 3.06. The first kappa shape index (κ1) is 13.8. The molecule has 1 fully saturated rings. The zero-order valence-electron chi connectivity index (χ0n) is 12.0. The molecule has 2 rings (SSSR count). The zero-order chi connectivity index (χ0) is 13.9. The van der Waals surface area contributed by atoms with Crippen LogP contribution in [0.2, 0.25) is 0 Å². The summed E-state index contributed by atoms with van der Waals surface area (Å²) in [5.41, 5.74) is 1.62. The smallest absolute Gasteiger partial charge is 0.253 e. The fourth-order valence-electron chi connectivity index (χ4n) is 2.79. The first-order valence-corrected chi connectivity index (χ1v) is 6.97. The van der Waals surface area contributed by atoms with Gasteiger partial charge in [-0.15, -0.1) is 0 Å². The number of hydrogen-bond donors (Lipinski definition) is 2. The summed E-state index contributed by atoms with van der Waals surface area (Å²) in [6.45, 7) is 4.48. The number of aromatic nitrogens is 1. The molecule has 4 nitrogen and oxygen atoms in total. The second-order valence-corrected chi connectivity index (χ2v) is 5.93. The van der Waals surface area contributed by atoms with E-state index in [1.54, 1.807) is 25.5 Å². The second kappa shape index (κ2) is 5.59. The minimum Gasteiger partial charge on any atom is -0.386 e. The highest BCUT2D eigenvalue weighted by Gasteiger charge is 2.33. The summed E-state index contributed by atoms with van der Waals surface area (Å²) < 4.78 is 0. The minimum atomic E-state index is -0.00766. The predicted molar refractivity (Wildman–Crippen MR) is 77.3 cm³/mol. The highest BCUT2D eigenvalue weighted by atomic mass is 16.1. The van der Waals surface area contributed by atoms with E-state index in [4.69, 9.17) is 0 Å². The van der Waals surface area contributed by atoms with Crippen molar-refractivity contribution in [2.75, 3.05) is 12.4 Å². The Balaban J connectivity index is 2.12. The molecule has 0 bridgehead atoms. The maximum atomic E-state index is 12.4. The Morgan fingerprint density at radius 2 is 2.21 bits per heavy atom. The molecule has 1 amide bonds. The van der Waals surface area contributed by atoms with E-state index in [9.17, 15) is 4.79 Å². The number of carbonyl (C=O) groups excluding carboxylic acids is 1. The first-order chi connectivity index (χ1) is 9.04. The molecule has 104 valence electrons. The van der Waals surface area contributed by atoms with Gasteiger partial charge in [0.05, 0.1) is 17.4 Å². The summed E-state index contributed by atoms with van der Waals surface area (Å²) >= 11 is 0. The monoisotopic (exact) mass is 261 g/mol. The van der Waals surface area contributed by atoms with E-state index in [2.05, 4.69) is 29.5 Å². The number of carbonyl (C=O) groups is 1. The van der Waals surface area contributed by atoms with Gasteiger partial charge in [0.15, 0.2) is 0 Å². The van der Waals surface area contributed by atoms with Crippen LogP contribution >= 0.6 is 0 Å². The largest absolute Gasteiger partial charge is 0.386 e. The van der Waals surface area contributed by atoms with Crippen LogP contribution in [0, 0.1) is 5.41 Å². The summed E-state index contributed by atoms with van der Waals surface area (Å²) in [5.74, 6) is -0.00766. The van der Waals surface area contributed by atoms with Crippen LogP contribution in [-0.2, 0) is 0 Å². The van der Waals surface area contributed by atoms with E-state index in [0.29, 0.717) is 5.56 Å². The van der Waals surface area contributed by atoms with Gasteiger partial charge in [0.1, 0.15) is 0 Å². The Morgan fingerprint density at radius 3 is 2.89 bits per heavy atom. The third-order valence-corrected chi connectivity index (χ3v) is 4.15. The lowest BCUT2D eigenvalue weighted by atomic mass is 9.73. The molecule has 4 heteroatoms. The van der Waals surface area contributed by atoms with Gasteiger partial charge >= 0.3 is 0 Å². The van der Waals surface area contributed by atoms with Gasteiger partial charge < -0.3 is 10.6 Å². The second-order valence-electron chi connectivity index (χ2n) is 5.93. The first-order valence-electron chi connectivity index (χ1n) is 6.97. The Labute approximate surface area is 115 Å². The van der Waals surface area contributed by atoms with Crippen molar-refractivity contribution in [2.45, 2.75) is 45.6 Å². The van der Waals surface area contributed by atoms with Crippen molar-refractivity contribution >= 4 is 11.6 Å². The summed E-state index contributed by atoms with van der Waals surface area (Å²) in [6, 6.07) is 2.02. The molecular formula is C15H23N3O. The van der Waals surface area contributed by atoms with Crippen molar-refractivity contribution in [1.82, 2.24) is 10.3 Å². The van der Waals surface area contributed by atoms with Crippen LogP contribution in [0.15, 0.2) is 18.5 Å². The number of nitrogens with one attached hydrogen (secondary N) is 2. The van der Waals surface area contributed by atoms with Gasteiger partial charge in [-0.2, -0.15) is 0 Å². The van der Waals surface area contributed by atoms with E-state index in [0.717, 1.165) is 12.1 Å². The molecule has 2 N–H and O–H groups in total. The maximum absolute atomic E-state index is 12.4. The minimum absolute atomic E-state index is 0.00766. The Bertz CT molecular complexity index is 456. The number of hydrogen-bond acceptors (Lipinski definition) is 3. The van der Waals surface area contributed by atoms with E-state index in [1.807, 2.05) is 0 Å². The van der Waals surface area contributed by atoms with Crippen molar-refractivity contribution in [2.24, 2.45) is 5.41 Å². The van der Waals surface area contributed by atoms with Crippen LogP contribution in [0.25, 0.3) is 0 Å². The van der Waals surface area contributed by atoms with Crippen molar-refractivity contribution in [1.29, 1.82) is 0 Å². The van der Waals surface area contributed by atoms with E-state index in [1.165, 1.54) is 19.3 Å². The van der Waals surface area contributed by atoms with E-state index in [-0.39, 0.29) is 17.4 Å². The van der Waals surface area contributed by atoms with Crippen molar-refractivity contribution < 1.29 is 4.79 Å². The summed E-state index contributed by atoms with van der Waals surface area (Å²) in [7, 11) is 1.80. The van der Waals surface area contributed by atoms with Crippen LogP contribution in [0.3, 0.4) is 0 Å². The highest BCUT2D eigenvalue weighted by Crippen LogP contribution is 2.35. The summed E-state index contributed by atoms with van der Waals surface area (Å²) in [6.07, 6.45) is 8.04. The van der Waals surface area contributed by atoms with Crippen LogP contribution in [0.1, 0.15) is 49.9 Å². The third-order valence-electron chi connectivity index (χ3n) is 4.15. The van der Waals surface area contributed by atoms with Gasteiger partial charge in [0.2, 0.25) is 0 Å². The quantitative estimate of drug-likeness (QED) is 0.879. The lowest BCUT2D eigenvalue weighted by Crippen LogP contribution is -2.46. The SMILES string of the molecule is CNc1cnccc1C(=O)NC1CCCCC1(C)C. The molecule has 1 aliphatic rings. The zero-order valence-corrected chi connectivity index (χ0v) is 12.0. The normalized spacial score (nSPS) is 21.7. The number of pyridine rings is 1. The molecule has 1 unspecified atom stereocenters. The van der Waals surface area contributed by atoms with Gasteiger partial charge in [-0.25, -0.2) is 0 Å². The molecule has 1 atom stereocenters. The number of amides is 1. The topological polar surface area (TPSA) is 54.0 Å². The van der Waals surface area contributed by atoms with Crippen molar-refractivity contribution in [3.8, 4) is 0 Å². The molecule has 0 saturated heterocycles. The molecule has 1 aliphatic carbocycles. The van der Waals surface area contributed by atoms with E-state index >= 15 is 0 Å². The maximum Gasteiger partial charge on any atom is 0.253 e. The van der Waals surface area contributed by atoms with Gasteiger partial charge in [0.25, 0.3) is 5.91 Å². The molecule has 1 aromatic rings. The molecule has 0 aliphatic heterocycles. The summed E-state index contributed by atoms with van der Waals surface area (Å²) in [4.78, 5) is 16.4. The van der Waals surface area contributed by atoms with Gasteiger partial charge in [-0.05, 0) is 24.3 Å². The molecular weight excluding hydrogens is 238 g/mol. The number of nitrogens with zero attached hydrogens (tertiary/aromatic N) is 1. The molecule has 1 aromatic heterocycles. The van der Waals surface area contributed by atoms with E-state index < -0.39 is 0 Å². The van der Waals surface area contributed by atoms with Gasteiger partial charge in [-0.1, -0.05) is 26.7 Å². The van der Waals surface area contributed by atoms with Crippen molar-refractivity contribution in [3.05, 3.63) is 24.0 Å². The molecule has 0 radical (unpaired) electrons. The fraction of sp³-hybridized carbons (Fsp3) is 0.600. The predicted octanol–water partition coefficient (Wildman–Crippen LogP) is 2.82. The lowest BCUT2D eigenvalue weighted by Gasteiger charge is -2.39. The Morgan fingerprint density at radius 1 is 1.42 bits per heavy atom. The Hall–Kier alpha value is -1.58. The van der Waals surface area contributed by atoms with Gasteiger partial charge in [0, 0.05) is 19.3 Å². The molecule has 0 aromatic carbocycles. The van der Waals surface area contributed by atoms with Crippen LogP contribution in [0.5, 0.6) is 0 Å². The standard InChI is InChI=1S/C15H23N3O/c1-15(2)8-5-4-6-13(15)18-14(19)11-7-9-17-10-12(11)16-3/h7,9-10,13,16H,4-6,8H2,1-3H3,(H,18,19). The average molecular weight is 261 g/mol. The molecule has 1 heterocycles. The lowest BCUT2D eigenvalue weighted by molar-refractivity contribution is 0.0854. The Kier molecular flexibility index (Phi) is 4.08. The van der Waals surface area contributed by atoms with Crippen LogP contribution in [-0.4, -0.2) is 24.0 Å². The number of anilines is 1. The average Bonchev–Trinajstić information content (AvgIpc) is 2.41. The summed E-state index contributed by atoms with van der Waals surface area (Å²) in [5, 5.41) is 6.20. The van der Waals surface area contributed by atoms with Crippen LogP contribution in [0.4, 0.5) is 5.69 Å². The van der Waals surface area contributed by atoms with Crippen molar-refractivity contribution in [3.63, 3.8) is 0 Å². The van der Waals surface area contributed by atoms with Crippen LogP contribution < -0.4 is 10.6 Å².